The summed E-state index contributed by atoms with van der Waals surface area (Å²) in [7, 11) is 1.41. The second-order valence-electron chi connectivity index (χ2n) is 5.54. The summed E-state index contributed by atoms with van der Waals surface area (Å²) in [6, 6.07) is 4.23. The van der Waals surface area contributed by atoms with Gasteiger partial charge in [0.2, 0.25) is 0 Å². The summed E-state index contributed by atoms with van der Waals surface area (Å²) < 4.78 is 4.82. The molecule has 2 rings (SSSR count). The maximum Gasteiger partial charge on any atom is 0.339 e. The minimum atomic E-state index is -0.302. The summed E-state index contributed by atoms with van der Waals surface area (Å²) in [5.74, 6) is 0.314. The number of hydrogen-bond donors (Lipinski definition) is 0. The molecule has 1 aromatic heterocycles. The third-order valence-electron chi connectivity index (χ3n) is 3.31. The number of methoxy groups -OCH3 is 1. The van der Waals surface area contributed by atoms with Crippen LogP contribution in [0.5, 0.6) is 0 Å². The van der Waals surface area contributed by atoms with Gasteiger partial charge >= 0.3 is 5.97 Å². The molecule has 0 atom stereocenters. The molecular formula is C15H22N2O2. The van der Waals surface area contributed by atoms with Crippen LogP contribution in [-0.4, -0.2) is 35.5 Å². The summed E-state index contributed by atoms with van der Waals surface area (Å²) in [6.07, 6.45) is 4.25. The van der Waals surface area contributed by atoms with Crippen LogP contribution >= 0.6 is 0 Å². The number of aromatic nitrogens is 1. The summed E-state index contributed by atoms with van der Waals surface area (Å²) >= 11 is 0. The highest BCUT2D eigenvalue weighted by molar-refractivity contribution is 5.90. The molecule has 0 spiro atoms. The molecule has 0 aliphatic heterocycles. The van der Waals surface area contributed by atoms with Gasteiger partial charge in [0.25, 0.3) is 0 Å². The normalized spacial score (nSPS) is 15.0. The van der Waals surface area contributed by atoms with Gasteiger partial charge in [0.05, 0.1) is 18.4 Å². The molecule has 0 radical (unpaired) electrons. The van der Waals surface area contributed by atoms with Crippen molar-refractivity contribution in [2.45, 2.75) is 39.3 Å². The van der Waals surface area contributed by atoms with E-state index < -0.39 is 0 Å². The SMILES string of the molecule is COC(=O)c1cccnc1CN(CC(C)C)C1CC1. The third kappa shape index (κ3) is 3.77. The number of pyridine rings is 1. The van der Waals surface area contributed by atoms with Gasteiger partial charge in [-0.15, -0.1) is 0 Å². The highest BCUT2D eigenvalue weighted by Gasteiger charge is 2.30. The van der Waals surface area contributed by atoms with Crippen molar-refractivity contribution in [2.75, 3.05) is 13.7 Å². The van der Waals surface area contributed by atoms with Crippen LogP contribution in [0.4, 0.5) is 0 Å². The van der Waals surface area contributed by atoms with E-state index in [0.29, 0.717) is 17.5 Å². The van der Waals surface area contributed by atoms with E-state index in [0.717, 1.165) is 18.8 Å². The van der Waals surface area contributed by atoms with E-state index in [-0.39, 0.29) is 5.97 Å². The van der Waals surface area contributed by atoms with Crippen LogP contribution in [0, 0.1) is 5.92 Å². The van der Waals surface area contributed by atoms with Crippen molar-refractivity contribution >= 4 is 5.97 Å². The molecule has 1 aliphatic carbocycles. The lowest BCUT2D eigenvalue weighted by molar-refractivity contribution is 0.0597. The Morgan fingerprint density at radius 2 is 2.26 bits per heavy atom. The van der Waals surface area contributed by atoms with Crippen molar-refractivity contribution in [3.8, 4) is 0 Å². The number of nitrogens with zero attached hydrogens (tertiary/aromatic N) is 2. The molecule has 4 nitrogen and oxygen atoms in total. The minimum absolute atomic E-state index is 0.302. The first-order valence-electron chi connectivity index (χ1n) is 6.88. The third-order valence-corrected chi connectivity index (χ3v) is 3.31. The van der Waals surface area contributed by atoms with E-state index in [1.165, 1.54) is 20.0 Å². The number of carbonyl (C=O) groups is 1. The Morgan fingerprint density at radius 1 is 1.53 bits per heavy atom. The topological polar surface area (TPSA) is 42.4 Å². The zero-order valence-electron chi connectivity index (χ0n) is 11.9. The van der Waals surface area contributed by atoms with E-state index in [4.69, 9.17) is 4.74 Å². The van der Waals surface area contributed by atoms with E-state index in [2.05, 4.69) is 23.7 Å². The molecule has 0 amide bonds. The summed E-state index contributed by atoms with van der Waals surface area (Å²) in [5.41, 5.74) is 1.40. The van der Waals surface area contributed by atoms with E-state index in [1.807, 2.05) is 0 Å². The summed E-state index contributed by atoms with van der Waals surface area (Å²) in [5, 5.41) is 0. The van der Waals surface area contributed by atoms with Gasteiger partial charge in [-0.25, -0.2) is 4.79 Å². The van der Waals surface area contributed by atoms with Crippen molar-refractivity contribution in [3.05, 3.63) is 29.6 Å². The second kappa shape index (κ2) is 6.15. The molecule has 19 heavy (non-hydrogen) atoms. The lowest BCUT2D eigenvalue weighted by atomic mass is 10.1. The van der Waals surface area contributed by atoms with Crippen molar-refractivity contribution in [1.82, 2.24) is 9.88 Å². The van der Waals surface area contributed by atoms with Gasteiger partial charge in [0, 0.05) is 25.3 Å². The monoisotopic (exact) mass is 262 g/mol. The standard InChI is InChI=1S/C15H22N2O2/c1-11(2)9-17(12-6-7-12)10-14-13(15(18)19-3)5-4-8-16-14/h4-5,8,11-12H,6-7,9-10H2,1-3H3. The minimum Gasteiger partial charge on any atom is -0.465 e. The molecule has 0 saturated heterocycles. The Morgan fingerprint density at radius 3 is 2.84 bits per heavy atom. The molecule has 1 fully saturated rings. The molecule has 1 saturated carbocycles. The van der Waals surface area contributed by atoms with Gasteiger partial charge in [0.1, 0.15) is 0 Å². The van der Waals surface area contributed by atoms with Gasteiger partial charge in [-0.1, -0.05) is 13.8 Å². The molecule has 104 valence electrons. The van der Waals surface area contributed by atoms with Gasteiger partial charge in [-0.3, -0.25) is 9.88 Å². The van der Waals surface area contributed by atoms with Crippen molar-refractivity contribution in [1.29, 1.82) is 0 Å². The maximum atomic E-state index is 11.7. The number of hydrogen-bond acceptors (Lipinski definition) is 4. The van der Waals surface area contributed by atoms with Crippen LogP contribution in [0.3, 0.4) is 0 Å². The number of esters is 1. The van der Waals surface area contributed by atoms with Crippen LogP contribution < -0.4 is 0 Å². The zero-order chi connectivity index (χ0) is 13.8. The lowest BCUT2D eigenvalue weighted by Crippen LogP contribution is -2.30. The van der Waals surface area contributed by atoms with Crippen molar-refractivity contribution in [2.24, 2.45) is 5.92 Å². The van der Waals surface area contributed by atoms with Crippen molar-refractivity contribution < 1.29 is 9.53 Å². The molecule has 1 aromatic rings. The molecule has 0 bridgehead atoms. The predicted molar refractivity (Wildman–Crippen MR) is 73.8 cm³/mol. The number of rotatable bonds is 6. The molecule has 0 aromatic carbocycles. The Bertz CT molecular complexity index is 442. The molecule has 0 unspecified atom stereocenters. The molecular weight excluding hydrogens is 240 g/mol. The lowest BCUT2D eigenvalue weighted by Gasteiger charge is -2.24. The second-order valence-corrected chi connectivity index (χ2v) is 5.54. The van der Waals surface area contributed by atoms with Gasteiger partial charge in [-0.2, -0.15) is 0 Å². The average molecular weight is 262 g/mol. The highest BCUT2D eigenvalue weighted by Crippen LogP contribution is 2.29. The Kier molecular flexibility index (Phi) is 4.53. The first-order chi connectivity index (χ1) is 9.11. The van der Waals surface area contributed by atoms with E-state index in [1.54, 1.807) is 18.3 Å². The fraction of sp³-hybridized carbons (Fsp3) is 0.600. The predicted octanol–water partition coefficient (Wildman–Crippen LogP) is 2.49. The van der Waals surface area contributed by atoms with Gasteiger partial charge < -0.3 is 4.74 Å². The van der Waals surface area contributed by atoms with Gasteiger partial charge in [-0.05, 0) is 30.9 Å². The Hall–Kier alpha value is -1.42. The van der Waals surface area contributed by atoms with E-state index in [9.17, 15) is 4.79 Å². The number of ether oxygens (including phenoxy) is 1. The van der Waals surface area contributed by atoms with Crippen LogP contribution in [0.25, 0.3) is 0 Å². The van der Waals surface area contributed by atoms with Crippen molar-refractivity contribution in [3.63, 3.8) is 0 Å². The van der Waals surface area contributed by atoms with Crippen LogP contribution in [0.2, 0.25) is 0 Å². The first-order valence-corrected chi connectivity index (χ1v) is 6.88. The van der Waals surface area contributed by atoms with Crippen LogP contribution in [0.15, 0.2) is 18.3 Å². The zero-order valence-corrected chi connectivity index (χ0v) is 11.9. The number of carbonyl (C=O) groups excluding carboxylic acids is 1. The van der Waals surface area contributed by atoms with Crippen LogP contribution in [-0.2, 0) is 11.3 Å². The summed E-state index contributed by atoms with van der Waals surface area (Å²) in [6.45, 7) is 6.21. The van der Waals surface area contributed by atoms with E-state index >= 15 is 0 Å². The molecule has 1 heterocycles. The first kappa shape index (κ1) is 14.0. The Labute approximate surface area is 114 Å². The molecule has 4 heteroatoms. The quantitative estimate of drug-likeness (QED) is 0.739. The summed E-state index contributed by atoms with van der Waals surface area (Å²) in [4.78, 5) is 18.5. The fourth-order valence-electron chi connectivity index (χ4n) is 2.30. The Balaban J connectivity index is 2.14. The van der Waals surface area contributed by atoms with Crippen LogP contribution in [0.1, 0.15) is 42.7 Å². The largest absolute Gasteiger partial charge is 0.465 e. The molecule has 0 N–H and O–H groups in total. The molecule has 1 aliphatic rings. The maximum absolute atomic E-state index is 11.7. The van der Waals surface area contributed by atoms with Gasteiger partial charge in [0.15, 0.2) is 0 Å². The highest BCUT2D eigenvalue weighted by atomic mass is 16.5. The average Bonchev–Trinajstić information content (AvgIpc) is 3.21. The smallest absolute Gasteiger partial charge is 0.339 e. The fourth-order valence-corrected chi connectivity index (χ4v) is 2.30.